The van der Waals surface area contributed by atoms with E-state index in [0.29, 0.717) is 15.8 Å². The highest BCUT2D eigenvalue weighted by Gasteiger charge is 2.15. The summed E-state index contributed by atoms with van der Waals surface area (Å²) < 4.78 is 0. The van der Waals surface area contributed by atoms with Gasteiger partial charge in [-0.05, 0) is 23.6 Å². The number of nitro benzene ring substituents is 1. The van der Waals surface area contributed by atoms with Gasteiger partial charge in [0.2, 0.25) is 0 Å². The fourth-order valence-corrected chi connectivity index (χ4v) is 2.75. The van der Waals surface area contributed by atoms with E-state index in [1.54, 1.807) is 17.5 Å². The first kappa shape index (κ1) is 12.8. The molecule has 3 rings (SSSR count). The lowest BCUT2D eigenvalue weighted by atomic mass is 10.2. The predicted molar refractivity (Wildman–Crippen MR) is 77.3 cm³/mol. The first-order valence-electron chi connectivity index (χ1n) is 5.48. The summed E-state index contributed by atoms with van der Waals surface area (Å²) in [5.41, 5.74) is -0.0598. The molecule has 6 nitrogen and oxygen atoms in total. The van der Waals surface area contributed by atoms with Crippen LogP contribution in [0.5, 0.6) is 0 Å². The van der Waals surface area contributed by atoms with Crippen molar-refractivity contribution in [1.82, 2.24) is 9.97 Å². The van der Waals surface area contributed by atoms with Crippen molar-refractivity contribution >= 4 is 38.8 Å². The Morgan fingerprint density at radius 1 is 1.35 bits per heavy atom. The van der Waals surface area contributed by atoms with E-state index < -0.39 is 4.92 Å². The van der Waals surface area contributed by atoms with Gasteiger partial charge in [-0.1, -0.05) is 11.6 Å². The van der Waals surface area contributed by atoms with Gasteiger partial charge >= 0.3 is 0 Å². The van der Waals surface area contributed by atoms with E-state index in [1.165, 1.54) is 23.5 Å². The molecule has 2 heterocycles. The van der Waals surface area contributed by atoms with Gasteiger partial charge in [-0.15, -0.1) is 11.3 Å². The highest BCUT2D eigenvalue weighted by atomic mass is 35.5. The van der Waals surface area contributed by atoms with Crippen LogP contribution in [0.15, 0.2) is 34.4 Å². The number of aromatic nitrogens is 2. The van der Waals surface area contributed by atoms with E-state index in [0.717, 1.165) is 0 Å². The summed E-state index contributed by atoms with van der Waals surface area (Å²) >= 11 is 7.09. The van der Waals surface area contributed by atoms with Gasteiger partial charge in [0.1, 0.15) is 15.7 Å². The second-order valence-corrected chi connectivity index (χ2v) is 5.28. The van der Waals surface area contributed by atoms with Crippen LogP contribution < -0.4 is 5.56 Å². The molecule has 2 aromatic heterocycles. The van der Waals surface area contributed by atoms with Gasteiger partial charge in [0, 0.05) is 11.6 Å². The number of rotatable bonds is 2. The Balaban J connectivity index is 2.22. The van der Waals surface area contributed by atoms with Crippen LogP contribution in [-0.4, -0.2) is 14.9 Å². The Labute approximate surface area is 120 Å². The molecule has 0 aliphatic heterocycles. The number of benzene rings is 1. The zero-order chi connectivity index (χ0) is 14.3. The van der Waals surface area contributed by atoms with Gasteiger partial charge in [-0.2, -0.15) is 0 Å². The number of halogens is 1. The topological polar surface area (TPSA) is 88.9 Å². The molecule has 0 amide bonds. The Morgan fingerprint density at radius 3 is 2.90 bits per heavy atom. The van der Waals surface area contributed by atoms with Gasteiger partial charge in [0.25, 0.3) is 11.2 Å². The minimum Gasteiger partial charge on any atom is -0.306 e. The number of hydrogen-bond donors (Lipinski definition) is 1. The van der Waals surface area contributed by atoms with Gasteiger partial charge in [-0.25, -0.2) is 4.98 Å². The minimum atomic E-state index is -0.576. The zero-order valence-electron chi connectivity index (χ0n) is 9.79. The molecule has 0 bridgehead atoms. The number of H-pyrrole nitrogens is 1. The maximum Gasteiger partial charge on any atom is 0.288 e. The van der Waals surface area contributed by atoms with Crippen LogP contribution in [0, 0.1) is 10.1 Å². The molecule has 1 aromatic carbocycles. The molecular formula is C12H6ClN3O3S. The van der Waals surface area contributed by atoms with E-state index in [-0.39, 0.29) is 22.1 Å². The number of nitrogens with zero attached hydrogens (tertiary/aromatic N) is 2. The molecule has 0 radical (unpaired) electrons. The zero-order valence-corrected chi connectivity index (χ0v) is 11.4. The maximum atomic E-state index is 11.9. The van der Waals surface area contributed by atoms with E-state index in [2.05, 4.69) is 9.97 Å². The van der Waals surface area contributed by atoms with Gasteiger partial charge in [-0.3, -0.25) is 14.9 Å². The Hall–Kier alpha value is -2.25. The number of fused-ring (bicyclic) bond motifs is 1. The molecule has 8 heteroatoms. The number of nitro groups is 1. The summed E-state index contributed by atoms with van der Waals surface area (Å²) in [6.45, 7) is 0. The third-order valence-corrected chi connectivity index (χ3v) is 3.88. The van der Waals surface area contributed by atoms with E-state index in [1.807, 2.05) is 0 Å². The number of aromatic amines is 1. The van der Waals surface area contributed by atoms with Crippen LogP contribution in [0.2, 0.25) is 5.02 Å². The molecule has 0 atom stereocenters. The molecule has 0 saturated heterocycles. The number of thiophene rings is 1. The normalized spacial score (nSPS) is 10.8. The van der Waals surface area contributed by atoms with Gasteiger partial charge in [0.15, 0.2) is 0 Å². The smallest absolute Gasteiger partial charge is 0.288 e. The van der Waals surface area contributed by atoms with Crippen LogP contribution in [0.3, 0.4) is 0 Å². The highest BCUT2D eigenvalue weighted by Crippen LogP contribution is 2.29. The van der Waals surface area contributed by atoms with Crippen LogP contribution in [0.1, 0.15) is 0 Å². The van der Waals surface area contributed by atoms with Crippen molar-refractivity contribution in [3.05, 3.63) is 55.1 Å². The van der Waals surface area contributed by atoms with Crippen LogP contribution in [0.25, 0.3) is 21.6 Å². The SMILES string of the molecule is O=c1[nH]c(-c2ccc(Cl)c([N+](=O)[O-])c2)nc2sccc12. The lowest BCUT2D eigenvalue weighted by molar-refractivity contribution is -0.384. The largest absolute Gasteiger partial charge is 0.306 e. The fraction of sp³-hybridized carbons (Fsp3) is 0. The highest BCUT2D eigenvalue weighted by molar-refractivity contribution is 7.16. The average Bonchev–Trinajstić information content (AvgIpc) is 2.87. The van der Waals surface area contributed by atoms with E-state index in [4.69, 9.17) is 11.6 Å². The van der Waals surface area contributed by atoms with Crippen molar-refractivity contribution in [3.8, 4) is 11.4 Å². The second kappa shape index (κ2) is 4.69. The van der Waals surface area contributed by atoms with Gasteiger partial charge in [0.05, 0.1) is 10.3 Å². The molecule has 0 aliphatic carbocycles. The molecular weight excluding hydrogens is 302 g/mol. The molecule has 1 N–H and O–H groups in total. The van der Waals surface area contributed by atoms with Crippen molar-refractivity contribution in [3.63, 3.8) is 0 Å². The molecule has 20 heavy (non-hydrogen) atoms. The minimum absolute atomic E-state index is 0.0401. The quantitative estimate of drug-likeness (QED) is 0.581. The summed E-state index contributed by atoms with van der Waals surface area (Å²) in [7, 11) is 0. The standard InChI is InChI=1S/C12H6ClN3O3S/c13-8-2-1-6(5-9(8)16(18)19)10-14-11(17)7-3-4-20-12(7)15-10/h1-5H,(H,14,15,17). The number of nitrogens with one attached hydrogen (secondary N) is 1. The van der Waals surface area contributed by atoms with Crippen molar-refractivity contribution in [1.29, 1.82) is 0 Å². The Bertz CT molecular complexity index is 887. The molecule has 0 saturated carbocycles. The summed E-state index contributed by atoms with van der Waals surface area (Å²) in [4.78, 5) is 29.7. The third-order valence-electron chi connectivity index (χ3n) is 2.75. The molecule has 0 spiro atoms. The predicted octanol–water partition coefficient (Wildman–Crippen LogP) is 3.21. The summed E-state index contributed by atoms with van der Waals surface area (Å²) in [5, 5.41) is 13.2. The number of hydrogen-bond acceptors (Lipinski definition) is 5. The van der Waals surface area contributed by atoms with Crippen molar-refractivity contribution in [2.24, 2.45) is 0 Å². The Kier molecular flexibility index (Phi) is 3.00. The van der Waals surface area contributed by atoms with Crippen LogP contribution >= 0.6 is 22.9 Å². The average molecular weight is 308 g/mol. The van der Waals surface area contributed by atoms with E-state index in [9.17, 15) is 14.9 Å². The van der Waals surface area contributed by atoms with E-state index >= 15 is 0 Å². The lowest BCUT2D eigenvalue weighted by Crippen LogP contribution is -2.08. The van der Waals surface area contributed by atoms with Crippen molar-refractivity contribution in [2.75, 3.05) is 0 Å². The molecule has 0 unspecified atom stereocenters. The second-order valence-electron chi connectivity index (χ2n) is 3.98. The van der Waals surface area contributed by atoms with Crippen molar-refractivity contribution < 1.29 is 4.92 Å². The monoisotopic (exact) mass is 307 g/mol. The fourth-order valence-electron chi connectivity index (χ4n) is 1.80. The summed E-state index contributed by atoms with van der Waals surface area (Å²) in [5.74, 6) is 0.282. The first-order valence-corrected chi connectivity index (χ1v) is 6.74. The van der Waals surface area contributed by atoms with Gasteiger partial charge < -0.3 is 4.98 Å². The molecule has 0 aliphatic rings. The summed E-state index contributed by atoms with van der Waals surface area (Å²) in [6, 6.07) is 5.96. The maximum absolute atomic E-state index is 11.9. The van der Waals surface area contributed by atoms with Crippen LogP contribution in [-0.2, 0) is 0 Å². The first-order chi connectivity index (χ1) is 9.56. The molecule has 0 fully saturated rings. The third kappa shape index (κ3) is 2.06. The Morgan fingerprint density at radius 2 is 2.15 bits per heavy atom. The van der Waals surface area contributed by atoms with Crippen molar-refractivity contribution in [2.45, 2.75) is 0 Å². The molecule has 3 aromatic rings. The summed E-state index contributed by atoms with van der Waals surface area (Å²) in [6.07, 6.45) is 0. The lowest BCUT2D eigenvalue weighted by Gasteiger charge is -2.02. The molecule has 100 valence electrons. The van der Waals surface area contributed by atoms with Crippen LogP contribution in [0.4, 0.5) is 5.69 Å².